The van der Waals surface area contributed by atoms with Gasteiger partial charge in [-0.05, 0) is 41.1 Å². The van der Waals surface area contributed by atoms with Gasteiger partial charge in [-0.25, -0.2) is 0 Å². The van der Waals surface area contributed by atoms with Gasteiger partial charge >= 0.3 is 0 Å². The Labute approximate surface area is 139 Å². The molecule has 0 unspecified atom stereocenters. The Hall–Kier alpha value is -2.52. The second kappa shape index (κ2) is 7.16. The molecule has 3 aromatic rings. The van der Waals surface area contributed by atoms with Crippen LogP contribution in [-0.2, 0) is 0 Å². The average Bonchev–Trinajstić information content (AvgIpc) is 2.59. The van der Waals surface area contributed by atoms with Crippen molar-refractivity contribution in [2.45, 2.75) is 0 Å². The van der Waals surface area contributed by atoms with E-state index in [0.717, 1.165) is 17.4 Å². The first-order valence-corrected chi connectivity index (χ1v) is 7.63. The zero-order valence-electron chi connectivity index (χ0n) is 12.4. The van der Waals surface area contributed by atoms with Crippen molar-refractivity contribution in [3.63, 3.8) is 0 Å². The minimum Gasteiger partial charge on any atom is -0.490 e. The molecule has 3 aromatic carbocycles. The summed E-state index contributed by atoms with van der Waals surface area (Å²) in [5, 5.41) is 2.81. The van der Waals surface area contributed by atoms with Gasteiger partial charge in [0.15, 0.2) is 6.29 Å². The number of hydrogen-bond donors (Lipinski definition) is 0. The summed E-state index contributed by atoms with van der Waals surface area (Å²) in [6.07, 6.45) is 0.728. The van der Waals surface area contributed by atoms with Gasteiger partial charge in [-0.15, -0.1) is 0 Å². The van der Waals surface area contributed by atoms with E-state index in [1.54, 1.807) is 18.2 Å². The number of rotatable bonds is 6. The third-order valence-corrected chi connectivity index (χ3v) is 3.66. The van der Waals surface area contributed by atoms with Crippen molar-refractivity contribution in [2.24, 2.45) is 0 Å². The minimum absolute atomic E-state index is 0.343. The smallest absolute Gasteiger partial charge is 0.153 e. The Kier molecular flexibility index (Phi) is 4.79. The minimum atomic E-state index is 0.343. The maximum atomic E-state index is 11.0. The average molecular weight is 327 g/mol. The number of benzene rings is 3. The highest BCUT2D eigenvalue weighted by Crippen LogP contribution is 2.22. The molecule has 0 spiro atoms. The molecule has 3 nitrogen and oxygen atoms in total. The highest BCUT2D eigenvalue weighted by Gasteiger charge is 2.04. The molecule has 0 aliphatic heterocycles. The van der Waals surface area contributed by atoms with E-state index < -0.39 is 0 Å². The molecule has 0 saturated heterocycles. The van der Waals surface area contributed by atoms with E-state index in [9.17, 15) is 4.79 Å². The summed E-state index contributed by atoms with van der Waals surface area (Å²) in [6, 6.07) is 19.0. The lowest BCUT2D eigenvalue weighted by Crippen LogP contribution is -2.09. The molecule has 0 saturated carbocycles. The molecule has 0 aliphatic rings. The first-order valence-electron chi connectivity index (χ1n) is 7.25. The summed E-state index contributed by atoms with van der Waals surface area (Å²) in [4.78, 5) is 11.0. The lowest BCUT2D eigenvalue weighted by Gasteiger charge is -2.10. The predicted molar refractivity (Wildman–Crippen MR) is 91.8 cm³/mol. The summed E-state index contributed by atoms with van der Waals surface area (Å²) in [7, 11) is 0. The van der Waals surface area contributed by atoms with Gasteiger partial charge < -0.3 is 9.47 Å². The van der Waals surface area contributed by atoms with Crippen molar-refractivity contribution < 1.29 is 14.3 Å². The molecule has 4 heteroatoms. The van der Waals surface area contributed by atoms with Gasteiger partial charge in [0.1, 0.15) is 24.7 Å². The zero-order chi connectivity index (χ0) is 16.1. The second-order valence-electron chi connectivity index (χ2n) is 5.01. The first-order chi connectivity index (χ1) is 11.3. The van der Waals surface area contributed by atoms with E-state index >= 15 is 0 Å². The molecule has 23 heavy (non-hydrogen) atoms. The van der Waals surface area contributed by atoms with Crippen LogP contribution in [-0.4, -0.2) is 19.5 Å². The Morgan fingerprint density at radius 2 is 1.65 bits per heavy atom. The van der Waals surface area contributed by atoms with Crippen molar-refractivity contribution in [2.75, 3.05) is 13.2 Å². The fraction of sp³-hybridized carbons (Fsp3) is 0.105. The van der Waals surface area contributed by atoms with Gasteiger partial charge in [-0.1, -0.05) is 41.9 Å². The molecule has 116 valence electrons. The maximum absolute atomic E-state index is 11.0. The van der Waals surface area contributed by atoms with Gasteiger partial charge in [-0.2, -0.15) is 0 Å². The summed E-state index contributed by atoms with van der Waals surface area (Å²) < 4.78 is 11.3. The van der Waals surface area contributed by atoms with Crippen LogP contribution in [0.4, 0.5) is 0 Å². The lowest BCUT2D eigenvalue weighted by molar-refractivity contribution is 0.111. The zero-order valence-corrected chi connectivity index (χ0v) is 13.1. The van der Waals surface area contributed by atoms with Crippen LogP contribution in [0.25, 0.3) is 10.8 Å². The summed E-state index contributed by atoms with van der Waals surface area (Å²) in [6.45, 7) is 0.731. The molecule has 0 aliphatic carbocycles. The highest BCUT2D eigenvalue weighted by molar-refractivity contribution is 6.30. The first kappa shape index (κ1) is 15.4. The number of ether oxygens (including phenoxy) is 2. The molecule has 0 N–H and O–H groups in total. The van der Waals surface area contributed by atoms with Crippen molar-refractivity contribution >= 4 is 28.7 Å². The summed E-state index contributed by atoms with van der Waals surface area (Å²) in [5.41, 5.74) is 0.434. The molecule has 0 amide bonds. The van der Waals surface area contributed by atoms with Gasteiger partial charge in [0.2, 0.25) is 0 Å². The summed E-state index contributed by atoms with van der Waals surface area (Å²) in [5.74, 6) is 1.30. The van der Waals surface area contributed by atoms with Crippen LogP contribution >= 0.6 is 11.6 Å². The van der Waals surface area contributed by atoms with Crippen molar-refractivity contribution in [3.8, 4) is 11.5 Å². The van der Waals surface area contributed by atoms with Gasteiger partial charge in [0.25, 0.3) is 0 Å². The summed E-state index contributed by atoms with van der Waals surface area (Å²) >= 11 is 5.85. The molecule has 0 aromatic heterocycles. The largest absolute Gasteiger partial charge is 0.490 e. The quantitative estimate of drug-likeness (QED) is 0.484. The van der Waals surface area contributed by atoms with E-state index in [4.69, 9.17) is 21.1 Å². The normalized spacial score (nSPS) is 10.5. The molecule has 0 fully saturated rings. The van der Waals surface area contributed by atoms with Crippen LogP contribution in [0.1, 0.15) is 10.4 Å². The van der Waals surface area contributed by atoms with Crippen LogP contribution in [0.15, 0.2) is 60.7 Å². The third kappa shape index (κ3) is 3.82. The highest BCUT2D eigenvalue weighted by atomic mass is 35.5. The topological polar surface area (TPSA) is 35.5 Å². The Bertz CT molecular complexity index is 830. The van der Waals surface area contributed by atoms with Gasteiger partial charge in [0, 0.05) is 5.02 Å². The van der Waals surface area contributed by atoms with Crippen molar-refractivity contribution in [1.82, 2.24) is 0 Å². The molecule has 0 bridgehead atoms. The van der Waals surface area contributed by atoms with E-state index in [0.29, 0.717) is 29.5 Å². The van der Waals surface area contributed by atoms with Crippen LogP contribution in [0, 0.1) is 0 Å². The third-order valence-electron chi connectivity index (χ3n) is 3.43. The number of halogens is 1. The van der Waals surface area contributed by atoms with E-state index in [1.165, 1.54) is 5.39 Å². The van der Waals surface area contributed by atoms with Crippen molar-refractivity contribution in [1.29, 1.82) is 0 Å². The fourth-order valence-corrected chi connectivity index (χ4v) is 2.49. The fourth-order valence-electron chi connectivity index (χ4n) is 2.31. The Balaban J connectivity index is 1.57. The second-order valence-corrected chi connectivity index (χ2v) is 5.44. The van der Waals surface area contributed by atoms with Gasteiger partial charge in [0.05, 0.1) is 5.56 Å². The van der Waals surface area contributed by atoms with E-state index in [1.807, 2.05) is 36.4 Å². The molecular weight excluding hydrogens is 312 g/mol. The van der Waals surface area contributed by atoms with Crippen LogP contribution in [0.2, 0.25) is 5.02 Å². The number of aldehydes is 1. The van der Waals surface area contributed by atoms with Gasteiger partial charge in [-0.3, -0.25) is 4.79 Å². The van der Waals surface area contributed by atoms with E-state index in [-0.39, 0.29) is 0 Å². The Morgan fingerprint density at radius 3 is 2.48 bits per heavy atom. The number of fused-ring (bicyclic) bond motifs is 1. The number of hydrogen-bond acceptors (Lipinski definition) is 3. The van der Waals surface area contributed by atoms with Crippen LogP contribution < -0.4 is 9.47 Å². The van der Waals surface area contributed by atoms with Crippen LogP contribution in [0.3, 0.4) is 0 Å². The van der Waals surface area contributed by atoms with Crippen LogP contribution in [0.5, 0.6) is 11.5 Å². The van der Waals surface area contributed by atoms with E-state index in [2.05, 4.69) is 6.07 Å². The molecule has 0 radical (unpaired) electrons. The molecule has 0 heterocycles. The predicted octanol–water partition coefficient (Wildman–Crippen LogP) is 4.76. The van der Waals surface area contributed by atoms with Crippen molar-refractivity contribution in [3.05, 3.63) is 71.2 Å². The molecule has 3 rings (SSSR count). The number of carbonyl (C=O) groups excluding carboxylic acids is 1. The lowest BCUT2D eigenvalue weighted by atomic mass is 10.1. The standard InChI is InChI=1S/C19H15ClO3/c20-17-6-8-19(16(11-17)13-21)23-10-9-22-18-7-5-14-3-1-2-4-15(14)12-18/h1-8,11-13H,9-10H2. The maximum Gasteiger partial charge on any atom is 0.153 e. The SMILES string of the molecule is O=Cc1cc(Cl)ccc1OCCOc1ccc2ccccc2c1. The Morgan fingerprint density at radius 1 is 0.870 bits per heavy atom. The molecule has 0 atom stereocenters. The molecular formula is C19H15ClO3. The number of carbonyl (C=O) groups is 1. The monoisotopic (exact) mass is 326 g/mol.